The van der Waals surface area contributed by atoms with Crippen molar-refractivity contribution < 1.29 is 4.79 Å². The Kier molecular flexibility index (Phi) is 6.63. The average molecular weight is 380 g/mol. The van der Waals surface area contributed by atoms with E-state index < -0.39 is 0 Å². The second-order valence-electron chi connectivity index (χ2n) is 7.33. The van der Waals surface area contributed by atoms with Crippen LogP contribution in [0.5, 0.6) is 0 Å². The predicted octanol–water partition coefficient (Wildman–Crippen LogP) is 2.35. The molecule has 1 aliphatic heterocycles. The van der Waals surface area contributed by atoms with Crippen LogP contribution in [0, 0.1) is 0 Å². The fraction of sp³-hybridized carbons (Fsp3) is 0.409. The van der Waals surface area contributed by atoms with Gasteiger partial charge in [-0.1, -0.05) is 29.9 Å². The molecule has 2 aliphatic rings. The molecule has 3 rings (SSSR count). The number of carbonyl (C=O) groups excluding carboxylic acids is 1. The summed E-state index contributed by atoms with van der Waals surface area (Å²) in [5.41, 5.74) is 10.8. The van der Waals surface area contributed by atoms with Gasteiger partial charge in [0, 0.05) is 56.0 Å². The number of amides is 1. The fourth-order valence-corrected chi connectivity index (χ4v) is 3.51. The van der Waals surface area contributed by atoms with Crippen molar-refractivity contribution in [2.75, 3.05) is 19.6 Å². The number of aromatic nitrogens is 1. The molecular weight excluding hydrogens is 350 g/mol. The summed E-state index contributed by atoms with van der Waals surface area (Å²) in [6.45, 7) is 5.67. The number of hydrogen-bond donors (Lipinski definition) is 2. The van der Waals surface area contributed by atoms with E-state index in [1.165, 1.54) is 5.57 Å². The summed E-state index contributed by atoms with van der Waals surface area (Å²) < 4.78 is 0. The van der Waals surface area contributed by atoms with Crippen LogP contribution in [0.3, 0.4) is 0 Å². The zero-order valence-corrected chi connectivity index (χ0v) is 16.7. The molecule has 6 nitrogen and oxygen atoms in total. The Balaban J connectivity index is 1.74. The molecule has 0 aromatic carbocycles. The molecule has 1 atom stereocenters. The molecule has 0 saturated carbocycles. The molecular formula is C22H29N5O. The lowest BCUT2D eigenvalue weighted by molar-refractivity contribution is -0.128. The molecule has 6 heteroatoms. The van der Waals surface area contributed by atoms with Crippen LogP contribution in [-0.2, 0) is 11.2 Å². The van der Waals surface area contributed by atoms with Crippen molar-refractivity contribution in [3.05, 3.63) is 65.2 Å². The molecule has 0 bridgehead atoms. The number of aliphatic imine (C=N–C) groups is 1. The first-order valence-corrected chi connectivity index (χ1v) is 9.82. The van der Waals surface area contributed by atoms with Crippen LogP contribution in [-0.4, -0.2) is 47.3 Å². The van der Waals surface area contributed by atoms with E-state index in [4.69, 9.17) is 10.7 Å². The summed E-state index contributed by atoms with van der Waals surface area (Å²) in [4.78, 5) is 22.8. The van der Waals surface area contributed by atoms with Crippen molar-refractivity contribution in [3.8, 4) is 0 Å². The van der Waals surface area contributed by atoms with E-state index in [1.54, 1.807) is 6.92 Å². The average Bonchev–Trinajstić information content (AvgIpc) is 2.69. The highest BCUT2D eigenvalue weighted by Gasteiger charge is 2.23. The summed E-state index contributed by atoms with van der Waals surface area (Å²) in [6.07, 6.45) is 10.5. The first-order chi connectivity index (χ1) is 13.5. The van der Waals surface area contributed by atoms with E-state index in [1.807, 2.05) is 35.4 Å². The van der Waals surface area contributed by atoms with Crippen LogP contribution in [0.15, 0.2) is 64.5 Å². The summed E-state index contributed by atoms with van der Waals surface area (Å²) in [5, 5.41) is 3.52. The second-order valence-corrected chi connectivity index (χ2v) is 7.33. The summed E-state index contributed by atoms with van der Waals surface area (Å²) in [7, 11) is 0. The van der Waals surface area contributed by atoms with E-state index in [0.29, 0.717) is 18.9 Å². The zero-order chi connectivity index (χ0) is 19.9. The van der Waals surface area contributed by atoms with Gasteiger partial charge in [-0.2, -0.15) is 0 Å². The first-order valence-electron chi connectivity index (χ1n) is 9.82. The van der Waals surface area contributed by atoms with Gasteiger partial charge in [-0.05, 0) is 25.5 Å². The predicted molar refractivity (Wildman–Crippen MR) is 113 cm³/mol. The third kappa shape index (κ3) is 5.31. The highest BCUT2D eigenvalue weighted by atomic mass is 16.2. The molecule has 0 radical (unpaired) electrons. The van der Waals surface area contributed by atoms with Gasteiger partial charge >= 0.3 is 0 Å². The van der Waals surface area contributed by atoms with E-state index >= 15 is 0 Å². The number of nitrogens with two attached hydrogens (primary N) is 1. The molecule has 28 heavy (non-hydrogen) atoms. The van der Waals surface area contributed by atoms with Gasteiger partial charge in [0.25, 0.3) is 0 Å². The Labute approximate surface area is 166 Å². The minimum absolute atomic E-state index is 0.0555. The first kappa shape index (κ1) is 19.9. The Morgan fingerprint density at radius 2 is 2.29 bits per heavy atom. The lowest BCUT2D eigenvalue weighted by Gasteiger charge is -2.31. The normalized spacial score (nSPS) is 20.2. The number of pyridine rings is 1. The number of hydrogen-bond acceptors (Lipinski definition) is 4. The van der Waals surface area contributed by atoms with Crippen molar-refractivity contribution >= 4 is 11.7 Å². The largest absolute Gasteiger partial charge is 0.388 e. The Bertz CT molecular complexity index is 823. The smallest absolute Gasteiger partial charge is 0.219 e. The van der Waals surface area contributed by atoms with Crippen molar-refractivity contribution in [2.24, 2.45) is 10.7 Å². The van der Waals surface area contributed by atoms with Gasteiger partial charge in [0.2, 0.25) is 5.91 Å². The summed E-state index contributed by atoms with van der Waals surface area (Å²) in [5.74, 6) is 0.588. The van der Waals surface area contributed by atoms with Crippen LogP contribution in [0.25, 0.3) is 0 Å². The molecule has 3 N–H and O–H groups in total. The second kappa shape index (κ2) is 9.35. The standard InChI is InChI=1S/C22H29N5O/c1-16-6-5-8-19(14-16)26-22(23)20-15-27(17(2)28)13-10-21(20)25-12-9-18-7-3-4-11-24-18/h3-8,11,19,25H,9-10,12-15H2,1-2H3,(H2,23,26). The number of amidine groups is 1. The van der Waals surface area contributed by atoms with Gasteiger partial charge in [-0.15, -0.1) is 0 Å². The molecule has 2 heterocycles. The van der Waals surface area contributed by atoms with Gasteiger partial charge in [-0.3, -0.25) is 14.8 Å². The molecule has 1 amide bonds. The number of carbonyl (C=O) groups is 1. The van der Waals surface area contributed by atoms with Crippen molar-refractivity contribution in [2.45, 2.75) is 39.2 Å². The maximum atomic E-state index is 11.9. The van der Waals surface area contributed by atoms with Crippen LogP contribution in [0.2, 0.25) is 0 Å². The molecule has 1 unspecified atom stereocenters. The maximum Gasteiger partial charge on any atom is 0.219 e. The number of allylic oxidation sites excluding steroid dienone is 2. The lowest BCUT2D eigenvalue weighted by atomic mass is 10.0. The highest BCUT2D eigenvalue weighted by Crippen LogP contribution is 2.19. The maximum absolute atomic E-state index is 11.9. The number of nitrogens with zero attached hydrogens (tertiary/aromatic N) is 3. The van der Waals surface area contributed by atoms with Gasteiger partial charge in [0.05, 0.1) is 12.6 Å². The van der Waals surface area contributed by atoms with Gasteiger partial charge in [-0.25, -0.2) is 0 Å². The van der Waals surface area contributed by atoms with Crippen LogP contribution < -0.4 is 11.1 Å². The van der Waals surface area contributed by atoms with Crippen molar-refractivity contribution in [1.29, 1.82) is 0 Å². The van der Waals surface area contributed by atoms with Gasteiger partial charge < -0.3 is 16.0 Å². The molecule has 1 aliphatic carbocycles. The molecule has 1 aromatic heterocycles. The van der Waals surface area contributed by atoms with E-state index in [-0.39, 0.29) is 11.9 Å². The molecule has 0 fully saturated rings. The van der Waals surface area contributed by atoms with Gasteiger partial charge in [0.1, 0.15) is 5.84 Å². The topological polar surface area (TPSA) is 83.6 Å². The fourth-order valence-electron chi connectivity index (χ4n) is 3.51. The quantitative estimate of drug-likeness (QED) is 0.587. The van der Waals surface area contributed by atoms with Crippen molar-refractivity contribution in [3.63, 3.8) is 0 Å². The zero-order valence-electron chi connectivity index (χ0n) is 16.7. The van der Waals surface area contributed by atoms with Crippen molar-refractivity contribution in [1.82, 2.24) is 15.2 Å². The molecule has 1 aromatic rings. The van der Waals surface area contributed by atoms with E-state index in [0.717, 1.165) is 42.8 Å². The Morgan fingerprint density at radius 1 is 1.43 bits per heavy atom. The van der Waals surface area contributed by atoms with Gasteiger partial charge in [0.15, 0.2) is 0 Å². The summed E-state index contributed by atoms with van der Waals surface area (Å²) in [6, 6.07) is 6.00. The minimum atomic E-state index is 0.0555. The minimum Gasteiger partial charge on any atom is -0.388 e. The third-order valence-corrected chi connectivity index (χ3v) is 5.10. The summed E-state index contributed by atoms with van der Waals surface area (Å²) >= 11 is 0. The van der Waals surface area contributed by atoms with Crippen LogP contribution >= 0.6 is 0 Å². The highest BCUT2D eigenvalue weighted by molar-refractivity contribution is 5.99. The number of nitrogens with one attached hydrogen (secondary N) is 1. The lowest BCUT2D eigenvalue weighted by Crippen LogP contribution is -2.42. The van der Waals surface area contributed by atoms with Crippen LogP contribution in [0.4, 0.5) is 0 Å². The Hall–Kier alpha value is -2.89. The Morgan fingerprint density at radius 3 is 3.00 bits per heavy atom. The SMILES string of the molecule is CC(=O)N1CCC(NCCc2ccccn2)=C(C(N)=NC2C=CC=C(C)C2)C1. The number of rotatable bonds is 6. The molecule has 0 spiro atoms. The van der Waals surface area contributed by atoms with E-state index in [2.05, 4.69) is 29.4 Å². The molecule has 148 valence electrons. The van der Waals surface area contributed by atoms with E-state index in [9.17, 15) is 4.79 Å². The third-order valence-electron chi connectivity index (χ3n) is 5.10. The van der Waals surface area contributed by atoms with Crippen LogP contribution in [0.1, 0.15) is 32.4 Å². The monoisotopic (exact) mass is 379 g/mol. The molecule has 0 saturated heterocycles.